The topological polar surface area (TPSA) is 0 Å². The summed E-state index contributed by atoms with van der Waals surface area (Å²) in [6.07, 6.45) is 17.8. The van der Waals surface area contributed by atoms with Crippen LogP contribution in [0, 0.1) is 0 Å². The van der Waals surface area contributed by atoms with E-state index in [1.54, 1.807) is 21.7 Å². The van der Waals surface area contributed by atoms with Crippen LogP contribution >= 0.6 is 0 Å². The van der Waals surface area contributed by atoms with Crippen LogP contribution in [-0.2, 0) is 0 Å². The molecular weight excluding hydrogens is 311 g/mol. The van der Waals surface area contributed by atoms with Crippen LogP contribution in [0.15, 0.2) is 0 Å². The first-order chi connectivity index (χ1) is 8.41. The quantitative estimate of drug-likeness (QED) is 0.258. The molecule has 0 saturated heterocycles. The van der Waals surface area contributed by atoms with E-state index in [9.17, 15) is 0 Å². The Morgan fingerprint density at radius 3 is 1.24 bits per heavy atom. The van der Waals surface area contributed by atoms with Gasteiger partial charge in [-0.1, -0.05) is 0 Å². The molecule has 1 heteroatoms. The minimum absolute atomic E-state index is 0.0736. The van der Waals surface area contributed by atoms with E-state index in [1.165, 1.54) is 64.2 Å². The molecule has 0 aromatic rings. The van der Waals surface area contributed by atoms with Crippen LogP contribution in [0.2, 0.25) is 8.87 Å². The van der Waals surface area contributed by atoms with Crippen molar-refractivity contribution >= 4 is 21.1 Å². The summed E-state index contributed by atoms with van der Waals surface area (Å²) in [5, 5.41) is 0. The van der Waals surface area contributed by atoms with Crippen molar-refractivity contribution in [2.24, 2.45) is 0 Å². The Morgan fingerprint density at radius 1 is 0.471 bits per heavy atom. The second-order valence-corrected chi connectivity index (χ2v) is 9.57. The predicted octanol–water partition coefficient (Wildman–Crippen LogP) is 6.25. The van der Waals surface area contributed by atoms with Gasteiger partial charge in [-0.25, -0.2) is 0 Å². The van der Waals surface area contributed by atoms with Crippen molar-refractivity contribution in [3.05, 3.63) is 0 Å². The van der Waals surface area contributed by atoms with E-state index in [1.807, 2.05) is 0 Å². The first-order valence-corrected chi connectivity index (χ1v) is 12.2. The fourth-order valence-corrected chi connectivity index (χ4v) is 5.75. The molecule has 0 heterocycles. The van der Waals surface area contributed by atoms with Crippen molar-refractivity contribution in [2.45, 2.75) is 99.8 Å². The molecular formula is C16H34Sn. The molecule has 0 aliphatic carbocycles. The van der Waals surface area contributed by atoms with Gasteiger partial charge in [0.05, 0.1) is 0 Å². The molecule has 0 spiro atoms. The Kier molecular flexibility index (Phi) is 17.6. The fourth-order valence-electron chi connectivity index (χ4n) is 2.19. The molecule has 0 atom stereocenters. The zero-order valence-corrected chi connectivity index (χ0v) is 15.3. The van der Waals surface area contributed by atoms with Gasteiger partial charge in [-0.15, -0.1) is 0 Å². The molecule has 0 saturated carbocycles. The SMILES string of the molecule is CCCCCCC[CH2][Sn][CH2]CCCCCCC. The summed E-state index contributed by atoms with van der Waals surface area (Å²) in [4.78, 5) is 0. The van der Waals surface area contributed by atoms with Crippen LogP contribution in [0.1, 0.15) is 90.9 Å². The summed E-state index contributed by atoms with van der Waals surface area (Å²) in [6.45, 7) is 4.60. The summed E-state index contributed by atoms with van der Waals surface area (Å²) in [5.74, 6) is 0. The molecule has 0 aromatic carbocycles. The van der Waals surface area contributed by atoms with Crippen molar-refractivity contribution in [1.29, 1.82) is 0 Å². The fraction of sp³-hybridized carbons (Fsp3) is 1.00. The van der Waals surface area contributed by atoms with Crippen LogP contribution in [-0.4, -0.2) is 21.1 Å². The van der Waals surface area contributed by atoms with Crippen molar-refractivity contribution in [1.82, 2.24) is 0 Å². The first-order valence-electron chi connectivity index (χ1n) is 8.12. The average Bonchev–Trinajstić information content (AvgIpc) is 2.35. The van der Waals surface area contributed by atoms with Gasteiger partial charge in [0.2, 0.25) is 0 Å². The Hall–Kier alpha value is 0.799. The van der Waals surface area contributed by atoms with Crippen LogP contribution in [0.4, 0.5) is 0 Å². The predicted molar refractivity (Wildman–Crippen MR) is 82.1 cm³/mol. The molecule has 2 radical (unpaired) electrons. The van der Waals surface area contributed by atoms with Gasteiger partial charge in [-0.05, 0) is 0 Å². The molecule has 0 aliphatic heterocycles. The normalized spacial score (nSPS) is 10.9. The number of hydrogen-bond acceptors (Lipinski definition) is 0. The van der Waals surface area contributed by atoms with Gasteiger partial charge in [0.15, 0.2) is 0 Å². The third-order valence-electron chi connectivity index (χ3n) is 3.41. The van der Waals surface area contributed by atoms with E-state index >= 15 is 0 Å². The maximum absolute atomic E-state index is 2.30. The number of hydrogen-bond donors (Lipinski definition) is 0. The Morgan fingerprint density at radius 2 is 0.824 bits per heavy atom. The van der Waals surface area contributed by atoms with Gasteiger partial charge in [0.25, 0.3) is 0 Å². The molecule has 0 bridgehead atoms. The number of rotatable bonds is 14. The van der Waals surface area contributed by atoms with Gasteiger partial charge in [-0.2, -0.15) is 0 Å². The van der Waals surface area contributed by atoms with E-state index in [2.05, 4.69) is 13.8 Å². The van der Waals surface area contributed by atoms with Crippen LogP contribution in [0.5, 0.6) is 0 Å². The van der Waals surface area contributed by atoms with Gasteiger partial charge < -0.3 is 0 Å². The molecule has 102 valence electrons. The standard InChI is InChI=1S/2C8H17.Sn/c2*1-3-5-7-8-6-4-2;/h2*1,3-8H2,2H3;. The average molecular weight is 345 g/mol. The van der Waals surface area contributed by atoms with Crippen LogP contribution in [0.3, 0.4) is 0 Å². The van der Waals surface area contributed by atoms with Gasteiger partial charge >= 0.3 is 121 Å². The van der Waals surface area contributed by atoms with Crippen molar-refractivity contribution in [2.75, 3.05) is 0 Å². The molecule has 0 fully saturated rings. The molecule has 0 unspecified atom stereocenters. The third-order valence-corrected chi connectivity index (χ3v) is 7.45. The molecule has 0 N–H and O–H groups in total. The molecule has 17 heavy (non-hydrogen) atoms. The van der Waals surface area contributed by atoms with Crippen LogP contribution in [0.25, 0.3) is 0 Å². The summed E-state index contributed by atoms with van der Waals surface area (Å²) >= 11 is 0.0736. The zero-order chi connectivity index (χ0) is 12.6. The molecule has 0 amide bonds. The molecule has 0 aromatic heterocycles. The number of unbranched alkanes of at least 4 members (excludes halogenated alkanes) is 10. The monoisotopic (exact) mass is 346 g/mol. The van der Waals surface area contributed by atoms with Gasteiger partial charge in [0.1, 0.15) is 0 Å². The maximum atomic E-state index is 2.30. The third kappa shape index (κ3) is 16.8. The van der Waals surface area contributed by atoms with Crippen molar-refractivity contribution in [3.63, 3.8) is 0 Å². The van der Waals surface area contributed by atoms with E-state index < -0.39 is 0 Å². The van der Waals surface area contributed by atoms with E-state index in [0.717, 1.165) is 0 Å². The summed E-state index contributed by atoms with van der Waals surface area (Å²) in [7, 11) is 0. The van der Waals surface area contributed by atoms with E-state index in [0.29, 0.717) is 0 Å². The van der Waals surface area contributed by atoms with Crippen molar-refractivity contribution < 1.29 is 0 Å². The Balaban J connectivity index is 2.85. The summed E-state index contributed by atoms with van der Waals surface area (Å²) < 4.78 is 3.31. The molecule has 0 nitrogen and oxygen atoms in total. The van der Waals surface area contributed by atoms with Crippen LogP contribution < -0.4 is 0 Å². The molecule has 0 aliphatic rings. The second-order valence-electron chi connectivity index (χ2n) is 5.29. The Labute approximate surface area is 121 Å². The van der Waals surface area contributed by atoms with Gasteiger partial charge in [-0.3, -0.25) is 0 Å². The summed E-state index contributed by atoms with van der Waals surface area (Å²) in [6, 6.07) is 0. The first kappa shape index (κ1) is 17.8. The van der Waals surface area contributed by atoms with E-state index in [4.69, 9.17) is 0 Å². The van der Waals surface area contributed by atoms with Gasteiger partial charge in [0, 0.05) is 0 Å². The molecule has 0 rings (SSSR count). The minimum atomic E-state index is 0.0736. The second kappa shape index (κ2) is 16.8. The Bertz CT molecular complexity index is 109. The summed E-state index contributed by atoms with van der Waals surface area (Å²) in [5.41, 5.74) is 0. The van der Waals surface area contributed by atoms with Crippen molar-refractivity contribution in [3.8, 4) is 0 Å². The van der Waals surface area contributed by atoms with E-state index in [-0.39, 0.29) is 21.1 Å². The zero-order valence-electron chi connectivity index (χ0n) is 12.4.